The van der Waals surface area contributed by atoms with Gasteiger partial charge in [-0.15, -0.1) is 0 Å². The number of halogens is 1. The molecule has 0 aliphatic heterocycles. The Morgan fingerprint density at radius 2 is 1.82 bits per heavy atom. The zero-order valence-electron chi connectivity index (χ0n) is 16.3. The van der Waals surface area contributed by atoms with Crippen LogP contribution >= 0.6 is 11.6 Å². The molecular weight excluding hydrogens is 380 g/mol. The maximum absolute atomic E-state index is 12.6. The maximum atomic E-state index is 12.6. The molecule has 0 saturated carbocycles. The molecular formula is C21H23ClN2O4. The van der Waals surface area contributed by atoms with E-state index < -0.39 is 12.1 Å². The zero-order chi connectivity index (χ0) is 20.8. The van der Waals surface area contributed by atoms with Crippen molar-refractivity contribution in [2.24, 2.45) is 0 Å². The minimum atomic E-state index is -0.996. The summed E-state index contributed by atoms with van der Waals surface area (Å²) in [6.07, 6.45) is 0.194. The topological polar surface area (TPSA) is 85.4 Å². The number of rotatable bonds is 7. The molecule has 7 heteroatoms. The smallest absolute Gasteiger partial charge is 0.342 e. The van der Waals surface area contributed by atoms with E-state index in [1.807, 2.05) is 6.92 Å². The SMILES string of the molecule is CCCC(=O)Nc1ccc(C(=O)[C@@H](C)OC(=O)c2c(C)cc(C)nc2Cl)cc1. The molecule has 1 N–H and O–H groups in total. The molecule has 0 fully saturated rings. The summed E-state index contributed by atoms with van der Waals surface area (Å²) >= 11 is 6.06. The summed E-state index contributed by atoms with van der Waals surface area (Å²) in [6, 6.07) is 8.17. The number of anilines is 1. The van der Waals surface area contributed by atoms with Crippen LogP contribution in [-0.4, -0.2) is 28.7 Å². The summed E-state index contributed by atoms with van der Waals surface area (Å²) in [5.41, 5.74) is 2.45. The van der Waals surface area contributed by atoms with E-state index in [9.17, 15) is 14.4 Å². The number of ketones is 1. The number of benzene rings is 1. The van der Waals surface area contributed by atoms with Crippen LogP contribution in [0.4, 0.5) is 5.69 Å². The average Bonchev–Trinajstić information content (AvgIpc) is 2.61. The molecule has 6 nitrogen and oxygen atoms in total. The van der Waals surface area contributed by atoms with Gasteiger partial charge in [-0.05, 0) is 63.1 Å². The number of aryl methyl sites for hydroxylation is 2. The van der Waals surface area contributed by atoms with E-state index in [1.165, 1.54) is 6.92 Å². The van der Waals surface area contributed by atoms with E-state index >= 15 is 0 Å². The Morgan fingerprint density at radius 3 is 2.39 bits per heavy atom. The Bertz CT molecular complexity index is 871. The van der Waals surface area contributed by atoms with Gasteiger partial charge in [-0.3, -0.25) is 9.59 Å². The molecule has 1 amide bonds. The summed E-state index contributed by atoms with van der Waals surface area (Å²) in [5.74, 6) is -1.13. The minimum absolute atomic E-state index is 0.0503. The van der Waals surface area contributed by atoms with Crippen LogP contribution in [0.3, 0.4) is 0 Å². The van der Waals surface area contributed by atoms with Gasteiger partial charge in [0, 0.05) is 23.4 Å². The molecule has 1 aromatic heterocycles. The van der Waals surface area contributed by atoms with Crippen LogP contribution in [0, 0.1) is 13.8 Å². The van der Waals surface area contributed by atoms with E-state index in [2.05, 4.69) is 10.3 Å². The number of esters is 1. The van der Waals surface area contributed by atoms with E-state index in [0.717, 1.165) is 6.42 Å². The maximum Gasteiger partial charge on any atom is 0.342 e. The van der Waals surface area contributed by atoms with Crippen molar-refractivity contribution in [1.82, 2.24) is 4.98 Å². The predicted octanol–water partition coefficient (Wildman–Crippen LogP) is 4.52. The fraction of sp³-hybridized carbons (Fsp3) is 0.333. The van der Waals surface area contributed by atoms with Crippen LogP contribution in [0.15, 0.2) is 30.3 Å². The third-order valence-corrected chi connectivity index (χ3v) is 4.36. The molecule has 0 aliphatic rings. The van der Waals surface area contributed by atoms with Crippen molar-refractivity contribution in [3.63, 3.8) is 0 Å². The molecule has 1 aromatic carbocycles. The van der Waals surface area contributed by atoms with Gasteiger partial charge in [-0.25, -0.2) is 9.78 Å². The van der Waals surface area contributed by atoms with E-state index in [0.29, 0.717) is 28.9 Å². The van der Waals surface area contributed by atoms with Crippen LogP contribution in [0.25, 0.3) is 0 Å². The lowest BCUT2D eigenvalue weighted by Gasteiger charge is -2.14. The molecule has 0 saturated heterocycles. The van der Waals surface area contributed by atoms with Gasteiger partial charge in [-0.1, -0.05) is 18.5 Å². The van der Waals surface area contributed by atoms with E-state index in [1.54, 1.807) is 44.2 Å². The molecule has 0 radical (unpaired) electrons. The van der Waals surface area contributed by atoms with Crippen LogP contribution in [0.1, 0.15) is 58.7 Å². The first-order chi connectivity index (χ1) is 13.2. The second kappa shape index (κ2) is 9.46. The number of pyridine rings is 1. The van der Waals surface area contributed by atoms with Gasteiger partial charge in [-0.2, -0.15) is 0 Å². The number of hydrogen-bond acceptors (Lipinski definition) is 5. The van der Waals surface area contributed by atoms with Crippen molar-refractivity contribution >= 4 is 34.9 Å². The number of amides is 1. The Hall–Kier alpha value is -2.73. The van der Waals surface area contributed by atoms with Crippen LogP contribution in [0.2, 0.25) is 5.15 Å². The summed E-state index contributed by atoms with van der Waals surface area (Å²) in [4.78, 5) is 40.7. The van der Waals surface area contributed by atoms with Crippen molar-refractivity contribution in [2.75, 3.05) is 5.32 Å². The standard InChI is InChI=1S/C21H23ClN2O4/c1-5-6-17(25)24-16-9-7-15(8-10-16)19(26)14(4)28-21(27)18-12(2)11-13(3)23-20(18)22/h7-11,14H,5-6H2,1-4H3,(H,24,25)/t14-/m1/s1. The molecule has 2 aromatic rings. The highest BCUT2D eigenvalue weighted by atomic mass is 35.5. The van der Waals surface area contributed by atoms with Crippen LogP contribution in [-0.2, 0) is 9.53 Å². The average molecular weight is 403 g/mol. The summed E-state index contributed by atoms with van der Waals surface area (Å²) in [5, 5.41) is 2.80. The van der Waals surface area contributed by atoms with Gasteiger partial charge in [0.25, 0.3) is 0 Å². The fourth-order valence-corrected chi connectivity index (χ4v) is 3.07. The Labute approximate surface area is 169 Å². The highest BCUT2D eigenvalue weighted by Gasteiger charge is 2.23. The van der Waals surface area contributed by atoms with Crippen molar-refractivity contribution in [2.45, 2.75) is 46.6 Å². The zero-order valence-corrected chi connectivity index (χ0v) is 17.1. The number of Topliss-reactive ketones (excluding diaryl/α,β-unsaturated/α-hetero) is 1. The lowest BCUT2D eigenvalue weighted by molar-refractivity contribution is -0.116. The number of carbonyl (C=O) groups excluding carboxylic acids is 3. The second-order valence-electron chi connectivity index (χ2n) is 6.53. The first-order valence-electron chi connectivity index (χ1n) is 9.01. The number of hydrogen-bond donors (Lipinski definition) is 1. The monoisotopic (exact) mass is 402 g/mol. The summed E-state index contributed by atoms with van der Waals surface area (Å²) < 4.78 is 5.30. The fourth-order valence-electron chi connectivity index (χ4n) is 2.71. The molecule has 1 heterocycles. The molecule has 0 spiro atoms. The van der Waals surface area contributed by atoms with Crippen molar-refractivity contribution in [1.29, 1.82) is 0 Å². The number of aromatic nitrogens is 1. The highest BCUT2D eigenvalue weighted by molar-refractivity contribution is 6.32. The van der Waals surface area contributed by atoms with Gasteiger partial charge in [0.05, 0.1) is 5.56 Å². The minimum Gasteiger partial charge on any atom is -0.451 e. The van der Waals surface area contributed by atoms with Gasteiger partial charge in [0.1, 0.15) is 5.15 Å². The molecule has 28 heavy (non-hydrogen) atoms. The predicted molar refractivity (Wildman–Crippen MR) is 108 cm³/mol. The summed E-state index contributed by atoms with van der Waals surface area (Å²) in [6.45, 7) is 6.93. The first-order valence-corrected chi connectivity index (χ1v) is 9.39. The lowest BCUT2D eigenvalue weighted by atomic mass is 10.1. The third kappa shape index (κ3) is 5.39. The van der Waals surface area contributed by atoms with Crippen LogP contribution < -0.4 is 5.32 Å². The lowest BCUT2D eigenvalue weighted by Crippen LogP contribution is -2.25. The number of nitrogens with zero attached hydrogens (tertiary/aromatic N) is 1. The van der Waals surface area contributed by atoms with Crippen LogP contribution in [0.5, 0.6) is 0 Å². The number of ether oxygens (including phenoxy) is 1. The van der Waals surface area contributed by atoms with Gasteiger partial charge in [0.15, 0.2) is 6.10 Å². The van der Waals surface area contributed by atoms with Gasteiger partial charge < -0.3 is 10.1 Å². The van der Waals surface area contributed by atoms with Gasteiger partial charge >= 0.3 is 5.97 Å². The molecule has 1 atom stereocenters. The highest BCUT2D eigenvalue weighted by Crippen LogP contribution is 2.21. The van der Waals surface area contributed by atoms with Crippen molar-refractivity contribution in [3.8, 4) is 0 Å². The Balaban J connectivity index is 2.06. The number of nitrogens with one attached hydrogen (secondary N) is 1. The third-order valence-electron chi connectivity index (χ3n) is 4.09. The Morgan fingerprint density at radius 1 is 1.18 bits per heavy atom. The molecule has 0 bridgehead atoms. The number of carbonyl (C=O) groups is 3. The van der Waals surface area contributed by atoms with Crippen molar-refractivity contribution in [3.05, 3.63) is 57.9 Å². The largest absolute Gasteiger partial charge is 0.451 e. The molecule has 148 valence electrons. The van der Waals surface area contributed by atoms with E-state index in [-0.39, 0.29) is 22.4 Å². The second-order valence-corrected chi connectivity index (χ2v) is 6.89. The molecule has 2 rings (SSSR count). The first kappa shape index (κ1) is 21.6. The quantitative estimate of drug-likeness (QED) is 0.418. The van der Waals surface area contributed by atoms with Gasteiger partial charge in [0.2, 0.25) is 11.7 Å². The summed E-state index contributed by atoms with van der Waals surface area (Å²) in [7, 11) is 0. The molecule has 0 aliphatic carbocycles. The normalized spacial score (nSPS) is 11.6. The van der Waals surface area contributed by atoms with Crippen molar-refractivity contribution < 1.29 is 19.1 Å². The van der Waals surface area contributed by atoms with E-state index in [4.69, 9.17) is 16.3 Å². The molecule has 0 unspecified atom stereocenters. The Kier molecular flexibility index (Phi) is 7.29.